The van der Waals surface area contributed by atoms with Crippen LogP contribution in [0.4, 0.5) is 17.2 Å². The second kappa shape index (κ2) is 7.17. The molecule has 0 atom stereocenters. The van der Waals surface area contributed by atoms with E-state index in [4.69, 9.17) is 11.6 Å². The number of piperazine rings is 1. The zero-order chi connectivity index (χ0) is 18.8. The van der Waals surface area contributed by atoms with Gasteiger partial charge in [0, 0.05) is 31.9 Å². The summed E-state index contributed by atoms with van der Waals surface area (Å²) in [6, 6.07) is 9.89. The minimum atomic E-state index is -1.33. The van der Waals surface area contributed by atoms with Crippen molar-refractivity contribution < 1.29 is 14.8 Å². The number of aromatic nitrogens is 1. The number of halogens is 1. The highest BCUT2D eigenvalue weighted by Crippen LogP contribution is 2.38. The second-order valence-electron chi connectivity index (χ2n) is 5.93. The lowest BCUT2D eigenvalue weighted by molar-refractivity contribution is -0.384. The summed E-state index contributed by atoms with van der Waals surface area (Å²) in [5, 5.41) is 20.4. The highest BCUT2D eigenvalue weighted by atomic mass is 35.5. The first kappa shape index (κ1) is 17.9. The number of carboxylic acids is 1. The number of rotatable bonds is 4. The number of hydrogen-bond acceptors (Lipinski definition) is 6. The van der Waals surface area contributed by atoms with Gasteiger partial charge in [0.05, 0.1) is 10.6 Å². The molecule has 0 unspecified atom stereocenters. The van der Waals surface area contributed by atoms with Gasteiger partial charge in [0.25, 0.3) is 0 Å². The van der Waals surface area contributed by atoms with Gasteiger partial charge in [-0.2, -0.15) is 0 Å². The van der Waals surface area contributed by atoms with E-state index in [0.717, 1.165) is 5.69 Å². The van der Waals surface area contributed by atoms with Crippen LogP contribution in [0.3, 0.4) is 0 Å². The number of hydrogen-bond donors (Lipinski definition) is 1. The number of benzene rings is 1. The van der Waals surface area contributed by atoms with E-state index in [1.54, 1.807) is 4.90 Å². The van der Waals surface area contributed by atoms with Crippen LogP contribution in [0.15, 0.2) is 30.3 Å². The van der Waals surface area contributed by atoms with Gasteiger partial charge in [0.2, 0.25) is 5.82 Å². The first-order valence-electron chi connectivity index (χ1n) is 8.03. The summed E-state index contributed by atoms with van der Waals surface area (Å²) < 4.78 is 0. The average molecular weight is 377 g/mol. The maximum absolute atomic E-state index is 11.5. The Morgan fingerprint density at radius 3 is 2.31 bits per heavy atom. The Labute approximate surface area is 154 Å². The van der Waals surface area contributed by atoms with Crippen LogP contribution in [0.25, 0.3) is 0 Å². The van der Waals surface area contributed by atoms with E-state index >= 15 is 0 Å². The molecule has 26 heavy (non-hydrogen) atoms. The van der Waals surface area contributed by atoms with Crippen LogP contribution in [0.1, 0.15) is 16.1 Å². The Morgan fingerprint density at radius 2 is 1.77 bits per heavy atom. The minimum absolute atomic E-state index is 0.121. The topological polar surface area (TPSA) is 99.8 Å². The molecule has 1 aromatic heterocycles. The van der Waals surface area contributed by atoms with Crippen LogP contribution in [-0.4, -0.2) is 47.2 Å². The van der Waals surface area contributed by atoms with Crippen LogP contribution in [0.5, 0.6) is 0 Å². The van der Waals surface area contributed by atoms with Gasteiger partial charge in [0.15, 0.2) is 0 Å². The highest BCUT2D eigenvalue weighted by Gasteiger charge is 2.32. The van der Waals surface area contributed by atoms with Gasteiger partial charge in [-0.1, -0.05) is 29.8 Å². The van der Waals surface area contributed by atoms with E-state index < -0.39 is 16.6 Å². The van der Waals surface area contributed by atoms with Crippen molar-refractivity contribution in [2.24, 2.45) is 0 Å². The van der Waals surface area contributed by atoms with Crippen LogP contribution < -0.4 is 9.80 Å². The fraction of sp³-hybridized carbons (Fsp3) is 0.294. The van der Waals surface area contributed by atoms with E-state index in [2.05, 4.69) is 9.88 Å². The van der Waals surface area contributed by atoms with Gasteiger partial charge in [0.1, 0.15) is 10.6 Å². The molecule has 0 saturated carbocycles. The molecule has 2 aromatic rings. The molecule has 0 spiro atoms. The average Bonchev–Trinajstić information content (AvgIpc) is 2.61. The smallest absolute Gasteiger partial charge is 0.339 e. The Kier molecular flexibility index (Phi) is 4.94. The summed E-state index contributed by atoms with van der Waals surface area (Å²) in [6.45, 7) is 3.86. The lowest BCUT2D eigenvalue weighted by Gasteiger charge is -2.36. The molecule has 1 aliphatic heterocycles. The molecule has 3 rings (SSSR count). The lowest BCUT2D eigenvalue weighted by atomic mass is 10.1. The Bertz CT molecular complexity index is 852. The zero-order valence-corrected chi connectivity index (χ0v) is 14.8. The summed E-state index contributed by atoms with van der Waals surface area (Å²) in [4.78, 5) is 30.3. The van der Waals surface area contributed by atoms with Crippen LogP contribution in [0, 0.1) is 17.0 Å². The summed E-state index contributed by atoms with van der Waals surface area (Å²) in [5.74, 6) is -1.21. The molecule has 1 aromatic carbocycles. The van der Waals surface area contributed by atoms with E-state index in [0.29, 0.717) is 26.2 Å². The maximum atomic E-state index is 11.5. The number of nitrogens with zero attached hydrogens (tertiary/aromatic N) is 4. The molecule has 0 amide bonds. The first-order chi connectivity index (χ1) is 12.4. The largest absolute Gasteiger partial charge is 0.478 e. The number of carbonyl (C=O) groups is 1. The Morgan fingerprint density at radius 1 is 1.19 bits per heavy atom. The number of carboxylic acid groups (broad SMARTS) is 1. The minimum Gasteiger partial charge on any atom is -0.478 e. The van der Waals surface area contributed by atoms with Crippen molar-refractivity contribution in [2.75, 3.05) is 36.0 Å². The summed E-state index contributed by atoms with van der Waals surface area (Å²) in [6.07, 6.45) is 0. The molecule has 0 aliphatic carbocycles. The monoisotopic (exact) mass is 376 g/mol. The molecule has 136 valence electrons. The summed E-state index contributed by atoms with van der Waals surface area (Å²) >= 11 is 6.05. The Hall–Kier alpha value is -2.87. The SMILES string of the molecule is Cc1nc(N2CCN(c3ccccc3)CC2)c([N+](=O)[O-])c(Cl)c1C(=O)O. The normalized spacial score (nSPS) is 14.4. The predicted molar refractivity (Wildman–Crippen MR) is 98.5 cm³/mol. The fourth-order valence-electron chi connectivity index (χ4n) is 3.09. The van der Waals surface area contributed by atoms with Gasteiger partial charge in [-0.3, -0.25) is 10.1 Å². The molecule has 1 N–H and O–H groups in total. The lowest BCUT2D eigenvalue weighted by Crippen LogP contribution is -2.47. The predicted octanol–water partition coefficient (Wildman–Crippen LogP) is 2.98. The van der Waals surface area contributed by atoms with Crippen molar-refractivity contribution in [1.29, 1.82) is 0 Å². The van der Waals surface area contributed by atoms with Crippen LogP contribution in [-0.2, 0) is 0 Å². The van der Waals surface area contributed by atoms with Crippen molar-refractivity contribution in [3.05, 3.63) is 56.7 Å². The van der Waals surface area contributed by atoms with Crippen molar-refractivity contribution in [3.8, 4) is 0 Å². The number of nitro groups is 1. The quantitative estimate of drug-likeness (QED) is 0.646. The van der Waals surface area contributed by atoms with Crippen molar-refractivity contribution >= 4 is 34.8 Å². The van der Waals surface area contributed by atoms with E-state index in [1.165, 1.54) is 6.92 Å². The highest BCUT2D eigenvalue weighted by molar-refractivity contribution is 6.36. The number of aryl methyl sites for hydroxylation is 1. The summed E-state index contributed by atoms with van der Waals surface area (Å²) in [5.41, 5.74) is 0.464. The number of anilines is 2. The van der Waals surface area contributed by atoms with Gasteiger partial charge >= 0.3 is 11.7 Å². The standard InChI is InChI=1S/C17H17ClN4O4/c1-11-13(17(23)24)14(18)15(22(25)26)16(19-11)21-9-7-20(8-10-21)12-5-3-2-4-6-12/h2-6H,7-10H2,1H3,(H,23,24). The van der Waals surface area contributed by atoms with Crippen molar-refractivity contribution in [1.82, 2.24) is 4.98 Å². The molecule has 0 bridgehead atoms. The van der Waals surface area contributed by atoms with Crippen molar-refractivity contribution in [3.63, 3.8) is 0 Å². The molecular weight excluding hydrogens is 360 g/mol. The zero-order valence-electron chi connectivity index (χ0n) is 14.1. The van der Waals surface area contributed by atoms with Crippen LogP contribution >= 0.6 is 11.6 Å². The molecular formula is C17H17ClN4O4. The third kappa shape index (κ3) is 3.28. The maximum Gasteiger partial charge on any atom is 0.339 e. The van der Waals surface area contributed by atoms with Crippen molar-refractivity contribution in [2.45, 2.75) is 6.92 Å². The third-order valence-corrected chi connectivity index (χ3v) is 4.74. The van der Waals surface area contributed by atoms with Crippen LogP contribution in [0.2, 0.25) is 5.02 Å². The first-order valence-corrected chi connectivity index (χ1v) is 8.40. The second-order valence-corrected chi connectivity index (χ2v) is 6.31. The van der Waals surface area contributed by atoms with E-state index in [-0.39, 0.29) is 22.1 Å². The molecule has 2 heterocycles. The Balaban J connectivity index is 1.91. The van der Waals surface area contributed by atoms with Gasteiger partial charge in [-0.25, -0.2) is 9.78 Å². The molecule has 9 heteroatoms. The van der Waals surface area contributed by atoms with Gasteiger partial charge < -0.3 is 14.9 Å². The third-order valence-electron chi connectivity index (χ3n) is 4.37. The van der Waals surface area contributed by atoms with Gasteiger partial charge in [-0.15, -0.1) is 0 Å². The van der Waals surface area contributed by atoms with E-state index in [1.807, 2.05) is 30.3 Å². The number of pyridine rings is 1. The molecule has 1 saturated heterocycles. The number of para-hydroxylation sites is 1. The van der Waals surface area contributed by atoms with E-state index in [9.17, 15) is 20.0 Å². The molecule has 8 nitrogen and oxygen atoms in total. The summed E-state index contributed by atoms with van der Waals surface area (Å²) in [7, 11) is 0. The van der Waals surface area contributed by atoms with Gasteiger partial charge in [-0.05, 0) is 19.1 Å². The number of aromatic carboxylic acids is 1. The molecule has 1 aliphatic rings. The molecule has 1 fully saturated rings. The fourth-order valence-corrected chi connectivity index (χ4v) is 3.46. The molecule has 0 radical (unpaired) electrons.